The maximum atomic E-state index is 12.9. The van der Waals surface area contributed by atoms with Crippen LogP contribution in [0.25, 0.3) is 0 Å². The summed E-state index contributed by atoms with van der Waals surface area (Å²) in [6, 6.07) is 13.9. The van der Waals surface area contributed by atoms with E-state index < -0.39 is 0 Å². The zero-order valence-electron chi connectivity index (χ0n) is 13.6. The molecule has 2 nitrogen and oxygen atoms in total. The van der Waals surface area contributed by atoms with Crippen LogP contribution in [0.4, 0.5) is 4.39 Å². The van der Waals surface area contributed by atoms with E-state index in [9.17, 15) is 9.18 Å². The summed E-state index contributed by atoms with van der Waals surface area (Å²) in [6.07, 6.45) is 2.49. The highest BCUT2D eigenvalue weighted by molar-refractivity contribution is 6.30. The quantitative estimate of drug-likeness (QED) is 0.692. The predicted octanol–water partition coefficient (Wildman–Crippen LogP) is 4.93. The maximum absolute atomic E-state index is 12.9. The summed E-state index contributed by atoms with van der Waals surface area (Å²) in [4.78, 5) is 14.5. The fraction of sp³-hybridized carbons (Fsp3) is 0.350. The molecular formula is C20H21ClFNO. The third-order valence-electron chi connectivity index (χ3n) is 4.66. The SMILES string of the molecule is O=C(CCCN1CCC(c2ccc(Cl)cc2)C1)c1ccc(F)cc1. The van der Waals surface area contributed by atoms with E-state index >= 15 is 0 Å². The molecule has 0 N–H and O–H groups in total. The van der Waals surface area contributed by atoms with E-state index in [1.165, 1.54) is 17.7 Å². The highest BCUT2D eigenvalue weighted by Gasteiger charge is 2.23. The van der Waals surface area contributed by atoms with Gasteiger partial charge in [-0.05, 0) is 73.8 Å². The first-order chi connectivity index (χ1) is 11.6. The number of carbonyl (C=O) groups is 1. The second kappa shape index (κ2) is 7.91. The van der Waals surface area contributed by atoms with Gasteiger partial charge in [-0.25, -0.2) is 4.39 Å². The van der Waals surface area contributed by atoms with Crippen molar-refractivity contribution >= 4 is 17.4 Å². The van der Waals surface area contributed by atoms with Crippen LogP contribution in [-0.4, -0.2) is 30.3 Å². The first-order valence-electron chi connectivity index (χ1n) is 8.38. The Labute approximate surface area is 147 Å². The molecule has 2 aromatic rings. The Morgan fingerprint density at radius 1 is 1.12 bits per heavy atom. The highest BCUT2D eigenvalue weighted by atomic mass is 35.5. The molecule has 0 radical (unpaired) electrons. The van der Waals surface area contributed by atoms with Crippen molar-refractivity contribution in [3.05, 3.63) is 70.5 Å². The van der Waals surface area contributed by atoms with Crippen molar-refractivity contribution in [1.29, 1.82) is 0 Å². The first kappa shape index (κ1) is 17.1. The Hall–Kier alpha value is -1.71. The van der Waals surface area contributed by atoms with Crippen molar-refractivity contribution < 1.29 is 9.18 Å². The number of hydrogen-bond acceptors (Lipinski definition) is 2. The van der Waals surface area contributed by atoms with Gasteiger partial charge < -0.3 is 4.90 Å². The van der Waals surface area contributed by atoms with Crippen LogP contribution in [0.15, 0.2) is 48.5 Å². The van der Waals surface area contributed by atoms with Gasteiger partial charge in [0.1, 0.15) is 5.82 Å². The molecule has 0 spiro atoms. The van der Waals surface area contributed by atoms with Gasteiger partial charge in [0.15, 0.2) is 5.78 Å². The number of benzene rings is 2. The molecule has 3 rings (SSSR count). The lowest BCUT2D eigenvalue weighted by Crippen LogP contribution is -2.22. The Kier molecular flexibility index (Phi) is 5.64. The number of ketones is 1. The van der Waals surface area contributed by atoms with Crippen molar-refractivity contribution in [2.45, 2.75) is 25.2 Å². The van der Waals surface area contributed by atoms with Crippen LogP contribution < -0.4 is 0 Å². The smallest absolute Gasteiger partial charge is 0.162 e. The molecule has 1 heterocycles. The Morgan fingerprint density at radius 2 is 1.83 bits per heavy atom. The third-order valence-corrected chi connectivity index (χ3v) is 4.91. The topological polar surface area (TPSA) is 20.3 Å². The number of carbonyl (C=O) groups excluding carboxylic acids is 1. The van der Waals surface area contributed by atoms with E-state index in [1.54, 1.807) is 12.1 Å². The molecule has 126 valence electrons. The molecule has 4 heteroatoms. The van der Waals surface area contributed by atoms with Gasteiger partial charge in [-0.2, -0.15) is 0 Å². The fourth-order valence-electron chi connectivity index (χ4n) is 3.29. The van der Waals surface area contributed by atoms with Gasteiger partial charge in [-0.1, -0.05) is 23.7 Å². The molecular weight excluding hydrogens is 325 g/mol. The average molecular weight is 346 g/mol. The van der Waals surface area contributed by atoms with Gasteiger partial charge in [0, 0.05) is 23.6 Å². The third kappa shape index (κ3) is 4.43. The molecule has 0 bridgehead atoms. The number of likely N-dealkylation sites (tertiary alicyclic amines) is 1. The van der Waals surface area contributed by atoms with Gasteiger partial charge in [0.25, 0.3) is 0 Å². The molecule has 24 heavy (non-hydrogen) atoms. The lowest BCUT2D eigenvalue weighted by molar-refractivity contribution is 0.0976. The minimum atomic E-state index is -0.308. The zero-order chi connectivity index (χ0) is 16.9. The normalized spacial score (nSPS) is 18.0. The Bertz CT molecular complexity index is 684. The standard InChI is InChI=1S/C20H21ClFNO/c21-18-7-3-15(4-8-18)17-11-13-23(14-17)12-1-2-20(24)16-5-9-19(22)10-6-16/h3-10,17H,1-2,11-14H2. The fourth-order valence-corrected chi connectivity index (χ4v) is 3.41. The second-order valence-electron chi connectivity index (χ2n) is 6.37. The van der Waals surface area contributed by atoms with Gasteiger partial charge in [-0.15, -0.1) is 0 Å². The van der Waals surface area contributed by atoms with Crippen molar-refractivity contribution in [3.8, 4) is 0 Å². The van der Waals surface area contributed by atoms with Crippen LogP contribution in [-0.2, 0) is 0 Å². The van der Waals surface area contributed by atoms with Crippen LogP contribution in [0.3, 0.4) is 0 Å². The number of Topliss-reactive ketones (excluding diaryl/α,β-unsaturated/α-hetero) is 1. The summed E-state index contributed by atoms with van der Waals surface area (Å²) >= 11 is 5.94. The summed E-state index contributed by atoms with van der Waals surface area (Å²) in [5.74, 6) is 0.329. The number of nitrogens with zero attached hydrogens (tertiary/aromatic N) is 1. The van der Waals surface area contributed by atoms with Gasteiger partial charge >= 0.3 is 0 Å². The minimum absolute atomic E-state index is 0.0865. The molecule has 1 fully saturated rings. The molecule has 0 saturated carbocycles. The molecule has 1 saturated heterocycles. The number of hydrogen-bond donors (Lipinski definition) is 0. The van der Waals surface area contributed by atoms with Crippen LogP contribution in [0, 0.1) is 5.82 Å². The van der Waals surface area contributed by atoms with Crippen molar-refractivity contribution in [2.75, 3.05) is 19.6 Å². The Balaban J connectivity index is 1.44. The maximum Gasteiger partial charge on any atom is 0.162 e. The number of halogens is 2. The van der Waals surface area contributed by atoms with Crippen LogP contribution >= 0.6 is 11.6 Å². The van der Waals surface area contributed by atoms with E-state index in [2.05, 4.69) is 17.0 Å². The van der Waals surface area contributed by atoms with E-state index in [0.717, 1.165) is 37.5 Å². The van der Waals surface area contributed by atoms with Crippen LogP contribution in [0.2, 0.25) is 5.02 Å². The van der Waals surface area contributed by atoms with Gasteiger partial charge in [-0.3, -0.25) is 4.79 Å². The van der Waals surface area contributed by atoms with Crippen LogP contribution in [0.1, 0.15) is 41.1 Å². The predicted molar refractivity (Wildman–Crippen MR) is 95.2 cm³/mol. The molecule has 0 amide bonds. The highest BCUT2D eigenvalue weighted by Crippen LogP contribution is 2.28. The molecule has 1 aliphatic rings. The van der Waals surface area contributed by atoms with Crippen molar-refractivity contribution in [3.63, 3.8) is 0 Å². The number of rotatable bonds is 6. The molecule has 0 aromatic heterocycles. The lowest BCUT2D eigenvalue weighted by atomic mass is 9.99. The minimum Gasteiger partial charge on any atom is -0.303 e. The summed E-state index contributed by atoms with van der Waals surface area (Å²) < 4.78 is 12.9. The van der Waals surface area contributed by atoms with Crippen LogP contribution in [0.5, 0.6) is 0 Å². The van der Waals surface area contributed by atoms with E-state index in [0.29, 0.717) is 17.9 Å². The summed E-state index contributed by atoms with van der Waals surface area (Å²) in [7, 11) is 0. The molecule has 1 unspecified atom stereocenters. The monoisotopic (exact) mass is 345 g/mol. The van der Waals surface area contributed by atoms with E-state index in [4.69, 9.17) is 11.6 Å². The van der Waals surface area contributed by atoms with E-state index in [-0.39, 0.29) is 11.6 Å². The summed E-state index contributed by atoms with van der Waals surface area (Å²) in [5, 5.41) is 0.771. The largest absolute Gasteiger partial charge is 0.303 e. The molecule has 0 aliphatic carbocycles. The van der Waals surface area contributed by atoms with Crippen molar-refractivity contribution in [2.24, 2.45) is 0 Å². The lowest BCUT2D eigenvalue weighted by Gasteiger charge is -2.16. The summed E-state index contributed by atoms with van der Waals surface area (Å²) in [6.45, 7) is 3.03. The van der Waals surface area contributed by atoms with Gasteiger partial charge in [0.05, 0.1) is 0 Å². The second-order valence-corrected chi connectivity index (χ2v) is 6.81. The Morgan fingerprint density at radius 3 is 2.54 bits per heavy atom. The molecule has 1 atom stereocenters. The summed E-state index contributed by atoms with van der Waals surface area (Å²) in [5.41, 5.74) is 1.93. The zero-order valence-corrected chi connectivity index (χ0v) is 14.3. The van der Waals surface area contributed by atoms with Crippen molar-refractivity contribution in [1.82, 2.24) is 4.90 Å². The molecule has 2 aromatic carbocycles. The first-order valence-corrected chi connectivity index (χ1v) is 8.76. The van der Waals surface area contributed by atoms with E-state index in [1.807, 2.05) is 12.1 Å². The average Bonchev–Trinajstić information content (AvgIpc) is 3.05. The van der Waals surface area contributed by atoms with Gasteiger partial charge in [0.2, 0.25) is 0 Å². The molecule has 1 aliphatic heterocycles.